The number of hydrogen-bond acceptors (Lipinski definition) is 3. The molecule has 1 amide bonds. The minimum Gasteiger partial charge on any atom is -0.497 e. The van der Waals surface area contributed by atoms with Gasteiger partial charge < -0.3 is 10.1 Å². The second-order valence-corrected chi connectivity index (χ2v) is 6.07. The summed E-state index contributed by atoms with van der Waals surface area (Å²) in [7, 11) is 1.62. The number of methoxy groups -OCH3 is 1. The van der Waals surface area contributed by atoms with Gasteiger partial charge in [0.05, 0.1) is 7.11 Å². The molecule has 138 valence electrons. The van der Waals surface area contributed by atoms with E-state index < -0.39 is 6.04 Å². The normalized spacial score (nSPS) is 11.6. The molecule has 0 fully saturated rings. The quantitative estimate of drug-likeness (QED) is 0.657. The highest BCUT2D eigenvalue weighted by Gasteiger charge is 2.20. The molecular formula is C22H21FN2O2. The van der Waals surface area contributed by atoms with Gasteiger partial charge in [0, 0.05) is 12.2 Å². The molecule has 0 aliphatic rings. The van der Waals surface area contributed by atoms with E-state index in [4.69, 9.17) is 4.74 Å². The number of carbonyl (C=O) groups excluding carboxylic acids is 1. The van der Waals surface area contributed by atoms with Crippen molar-refractivity contribution < 1.29 is 13.9 Å². The minimum atomic E-state index is -0.543. The van der Waals surface area contributed by atoms with Crippen LogP contribution in [0.25, 0.3) is 0 Å². The fourth-order valence-electron chi connectivity index (χ4n) is 2.72. The molecule has 0 heterocycles. The maximum atomic E-state index is 13.1. The number of nitrogens with one attached hydrogen (secondary N) is 2. The molecule has 0 aliphatic heterocycles. The topological polar surface area (TPSA) is 50.4 Å². The van der Waals surface area contributed by atoms with Gasteiger partial charge in [-0.15, -0.1) is 0 Å². The Bertz CT molecular complexity index is 865. The van der Waals surface area contributed by atoms with E-state index >= 15 is 0 Å². The van der Waals surface area contributed by atoms with Crippen LogP contribution in [0.15, 0.2) is 78.9 Å². The summed E-state index contributed by atoms with van der Waals surface area (Å²) in [6.07, 6.45) is 0. The van der Waals surface area contributed by atoms with Crippen LogP contribution < -0.4 is 15.4 Å². The molecule has 0 bridgehead atoms. The first kappa shape index (κ1) is 18.6. The lowest BCUT2D eigenvalue weighted by Gasteiger charge is -2.19. The highest BCUT2D eigenvalue weighted by molar-refractivity contribution is 5.95. The van der Waals surface area contributed by atoms with Crippen LogP contribution in [0.4, 0.5) is 10.1 Å². The Balaban J connectivity index is 1.74. The molecule has 4 nitrogen and oxygen atoms in total. The first-order chi connectivity index (χ1) is 13.2. The van der Waals surface area contributed by atoms with Crippen LogP contribution in [-0.2, 0) is 11.3 Å². The zero-order chi connectivity index (χ0) is 19.1. The number of rotatable bonds is 7. The van der Waals surface area contributed by atoms with E-state index in [0.29, 0.717) is 12.2 Å². The highest BCUT2D eigenvalue weighted by Crippen LogP contribution is 2.18. The molecule has 0 radical (unpaired) electrons. The van der Waals surface area contributed by atoms with Gasteiger partial charge in [0.15, 0.2) is 0 Å². The SMILES string of the molecule is COc1ccc(CNC(C(=O)Nc2ccc(F)cc2)c2ccccc2)cc1. The highest BCUT2D eigenvalue weighted by atomic mass is 19.1. The maximum absolute atomic E-state index is 13.1. The monoisotopic (exact) mass is 364 g/mol. The first-order valence-electron chi connectivity index (χ1n) is 8.63. The average Bonchev–Trinajstić information content (AvgIpc) is 2.71. The van der Waals surface area contributed by atoms with E-state index in [0.717, 1.165) is 16.9 Å². The third-order valence-corrected chi connectivity index (χ3v) is 4.18. The molecule has 0 saturated carbocycles. The Hall–Kier alpha value is -3.18. The van der Waals surface area contributed by atoms with Crippen molar-refractivity contribution in [3.8, 4) is 5.75 Å². The van der Waals surface area contributed by atoms with E-state index in [9.17, 15) is 9.18 Å². The van der Waals surface area contributed by atoms with Crippen molar-refractivity contribution in [2.75, 3.05) is 12.4 Å². The van der Waals surface area contributed by atoms with Crippen molar-refractivity contribution in [2.45, 2.75) is 12.6 Å². The molecule has 0 spiro atoms. The summed E-state index contributed by atoms with van der Waals surface area (Å²) >= 11 is 0. The van der Waals surface area contributed by atoms with Gasteiger partial charge in [-0.2, -0.15) is 0 Å². The first-order valence-corrected chi connectivity index (χ1v) is 8.63. The Morgan fingerprint density at radius 2 is 1.63 bits per heavy atom. The van der Waals surface area contributed by atoms with Crippen molar-refractivity contribution in [1.29, 1.82) is 0 Å². The van der Waals surface area contributed by atoms with Gasteiger partial charge in [-0.05, 0) is 47.5 Å². The van der Waals surface area contributed by atoms with Gasteiger partial charge in [0.2, 0.25) is 5.91 Å². The molecule has 27 heavy (non-hydrogen) atoms. The largest absolute Gasteiger partial charge is 0.497 e. The lowest BCUT2D eigenvalue weighted by Crippen LogP contribution is -2.32. The predicted molar refractivity (Wildman–Crippen MR) is 104 cm³/mol. The minimum absolute atomic E-state index is 0.207. The van der Waals surface area contributed by atoms with Gasteiger partial charge in [-0.1, -0.05) is 42.5 Å². The molecule has 5 heteroatoms. The molecule has 1 unspecified atom stereocenters. The van der Waals surface area contributed by atoms with E-state index in [1.54, 1.807) is 19.2 Å². The molecule has 3 rings (SSSR count). The molecule has 0 aromatic heterocycles. The number of hydrogen-bond donors (Lipinski definition) is 2. The number of anilines is 1. The molecule has 1 atom stereocenters. The fraction of sp³-hybridized carbons (Fsp3) is 0.136. The molecular weight excluding hydrogens is 343 g/mol. The van der Waals surface area contributed by atoms with Crippen LogP contribution >= 0.6 is 0 Å². The zero-order valence-electron chi connectivity index (χ0n) is 15.0. The lowest BCUT2D eigenvalue weighted by molar-refractivity contribution is -0.118. The second kappa shape index (κ2) is 8.96. The number of amides is 1. The lowest BCUT2D eigenvalue weighted by atomic mass is 10.1. The van der Waals surface area contributed by atoms with Crippen molar-refractivity contribution in [3.63, 3.8) is 0 Å². The summed E-state index contributed by atoms with van der Waals surface area (Å²) in [4.78, 5) is 12.8. The molecule has 0 saturated heterocycles. The summed E-state index contributed by atoms with van der Waals surface area (Å²) in [6, 6.07) is 22.3. The van der Waals surface area contributed by atoms with Crippen LogP contribution in [0.3, 0.4) is 0 Å². The number of halogens is 1. The third kappa shape index (κ3) is 5.15. The summed E-state index contributed by atoms with van der Waals surface area (Å²) in [5.41, 5.74) is 2.44. The third-order valence-electron chi connectivity index (χ3n) is 4.18. The molecule has 3 aromatic carbocycles. The van der Waals surface area contributed by atoms with Crippen molar-refractivity contribution in [3.05, 3.63) is 95.8 Å². The standard InChI is InChI=1S/C22H21FN2O2/c1-27-20-13-7-16(8-14-20)15-24-21(17-5-3-2-4-6-17)22(26)25-19-11-9-18(23)10-12-19/h2-14,21,24H,15H2,1H3,(H,25,26). The van der Waals surface area contributed by atoms with Crippen LogP contribution in [0.1, 0.15) is 17.2 Å². The fourth-order valence-corrected chi connectivity index (χ4v) is 2.72. The number of benzene rings is 3. The van der Waals surface area contributed by atoms with Crippen molar-refractivity contribution >= 4 is 11.6 Å². The molecule has 0 aliphatic carbocycles. The number of ether oxygens (including phenoxy) is 1. The average molecular weight is 364 g/mol. The summed E-state index contributed by atoms with van der Waals surface area (Å²) in [5, 5.41) is 6.13. The molecule has 2 N–H and O–H groups in total. The summed E-state index contributed by atoms with van der Waals surface area (Å²) in [5.74, 6) is 0.235. The predicted octanol–water partition coefficient (Wildman–Crippen LogP) is 4.30. The zero-order valence-corrected chi connectivity index (χ0v) is 15.0. The van der Waals surface area contributed by atoms with Gasteiger partial charge in [0.25, 0.3) is 0 Å². The molecule has 3 aromatic rings. The van der Waals surface area contributed by atoms with Crippen molar-refractivity contribution in [1.82, 2.24) is 5.32 Å². The summed E-state index contributed by atoms with van der Waals surface area (Å²) < 4.78 is 18.2. The van der Waals surface area contributed by atoms with Crippen LogP contribution in [0, 0.1) is 5.82 Å². The van der Waals surface area contributed by atoms with Gasteiger partial charge in [-0.3, -0.25) is 10.1 Å². The summed E-state index contributed by atoms with van der Waals surface area (Å²) in [6.45, 7) is 0.514. The Labute approximate surface area is 158 Å². The van der Waals surface area contributed by atoms with Crippen LogP contribution in [0.5, 0.6) is 5.75 Å². The number of carbonyl (C=O) groups is 1. The van der Waals surface area contributed by atoms with Gasteiger partial charge in [-0.25, -0.2) is 4.39 Å². The Kier molecular flexibility index (Phi) is 6.18. The van der Waals surface area contributed by atoms with Gasteiger partial charge >= 0.3 is 0 Å². The maximum Gasteiger partial charge on any atom is 0.246 e. The second-order valence-electron chi connectivity index (χ2n) is 6.07. The van der Waals surface area contributed by atoms with Gasteiger partial charge in [0.1, 0.15) is 17.6 Å². The smallest absolute Gasteiger partial charge is 0.246 e. The van der Waals surface area contributed by atoms with E-state index in [-0.39, 0.29) is 11.7 Å². The van der Waals surface area contributed by atoms with Crippen LogP contribution in [0.2, 0.25) is 0 Å². The van der Waals surface area contributed by atoms with E-state index in [1.807, 2.05) is 54.6 Å². The van der Waals surface area contributed by atoms with E-state index in [2.05, 4.69) is 10.6 Å². The Morgan fingerprint density at radius 3 is 2.26 bits per heavy atom. The van der Waals surface area contributed by atoms with E-state index in [1.165, 1.54) is 12.1 Å². The van der Waals surface area contributed by atoms with Crippen molar-refractivity contribution in [2.24, 2.45) is 0 Å². The van der Waals surface area contributed by atoms with Crippen LogP contribution in [-0.4, -0.2) is 13.0 Å². The Morgan fingerprint density at radius 1 is 0.963 bits per heavy atom.